The lowest BCUT2D eigenvalue weighted by molar-refractivity contribution is -0.114. The lowest BCUT2D eigenvalue weighted by Crippen LogP contribution is -2.42. The van der Waals surface area contributed by atoms with Crippen molar-refractivity contribution >= 4 is 23.6 Å². The summed E-state index contributed by atoms with van der Waals surface area (Å²) in [6, 6.07) is 0. The Labute approximate surface area is 113 Å². The molecule has 1 amide bonds. The molecule has 1 aliphatic rings. The SMILES string of the molecule is CC(=O)CSC1CCN(C(=O)OC(C)(C)C)CC1. The summed E-state index contributed by atoms with van der Waals surface area (Å²) >= 11 is 1.70. The average Bonchev–Trinajstić information content (AvgIpc) is 2.24. The minimum Gasteiger partial charge on any atom is -0.444 e. The minimum atomic E-state index is -0.433. The van der Waals surface area contributed by atoms with E-state index in [0.717, 1.165) is 25.9 Å². The van der Waals surface area contributed by atoms with Crippen molar-refractivity contribution < 1.29 is 14.3 Å². The van der Waals surface area contributed by atoms with Crippen LogP contribution in [0.1, 0.15) is 40.5 Å². The molecule has 0 aliphatic carbocycles. The van der Waals surface area contributed by atoms with Gasteiger partial charge < -0.3 is 9.64 Å². The number of Topliss-reactive ketones (excluding diaryl/α,β-unsaturated/α-hetero) is 1. The Morgan fingerprint density at radius 1 is 1.28 bits per heavy atom. The van der Waals surface area contributed by atoms with Crippen molar-refractivity contribution in [3.05, 3.63) is 0 Å². The molecule has 4 nitrogen and oxygen atoms in total. The van der Waals surface area contributed by atoms with Gasteiger partial charge in [-0.3, -0.25) is 4.79 Å². The first-order chi connectivity index (χ1) is 8.28. The number of ether oxygens (including phenoxy) is 1. The van der Waals surface area contributed by atoms with Gasteiger partial charge in [0.15, 0.2) is 0 Å². The van der Waals surface area contributed by atoms with Crippen LogP contribution in [0.4, 0.5) is 4.79 Å². The third-order valence-electron chi connectivity index (χ3n) is 2.62. The summed E-state index contributed by atoms with van der Waals surface area (Å²) in [5.74, 6) is 0.798. The van der Waals surface area contributed by atoms with Crippen LogP contribution in [0.2, 0.25) is 0 Å². The number of likely N-dealkylation sites (tertiary alicyclic amines) is 1. The van der Waals surface area contributed by atoms with E-state index in [1.165, 1.54) is 0 Å². The monoisotopic (exact) mass is 273 g/mol. The van der Waals surface area contributed by atoms with E-state index in [0.29, 0.717) is 11.0 Å². The molecule has 0 radical (unpaired) electrons. The van der Waals surface area contributed by atoms with Gasteiger partial charge in [0.2, 0.25) is 0 Å². The molecule has 0 atom stereocenters. The molecule has 0 aromatic heterocycles. The van der Waals surface area contributed by atoms with Crippen molar-refractivity contribution in [3.63, 3.8) is 0 Å². The fraction of sp³-hybridized carbons (Fsp3) is 0.846. The molecule has 0 spiro atoms. The van der Waals surface area contributed by atoms with E-state index >= 15 is 0 Å². The highest BCUT2D eigenvalue weighted by atomic mass is 32.2. The van der Waals surface area contributed by atoms with Gasteiger partial charge >= 0.3 is 6.09 Å². The second-order valence-corrected chi connectivity index (χ2v) is 6.97. The lowest BCUT2D eigenvalue weighted by atomic mass is 10.1. The molecular formula is C13H23NO3S. The van der Waals surface area contributed by atoms with Crippen LogP contribution < -0.4 is 0 Å². The van der Waals surface area contributed by atoms with Gasteiger partial charge in [-0.1, -0.05) is 0 Å². The smallest absolute Gasteiger partial charge is 0.410 e. The van der Waals surface area contributed by atoms with Crippen LogP contribution in [0.5, 0.6) is 0 Å². The Hall–Kier alpha value is -0.710. The second-order valence-electron chi connectivity index (χ2n) is 5.68. The zero-order valence-electron chi connectivity index (χ0n) is 11.7. The maximum atomic E-state index is 11.8. The van der Waals surface area contributed by atoms with Gasteiger partial charge in [-0.15, -0.1) is 0 Å². The zero-order chi connectivity index (χ0) is 13.8. The Morgan fingerprint density at radius 2 is 1.83 bits per heavy atom. The maximum Gasteiger partial charge on any atom is 0.410 e. The van der Waals surface area contributed by atoms with Crippen LogP contribution in [0.25, 0.3) is 0 Å². The Bertz CT molecular complexity index is 304. The van der Waals surface area contributed by atoms with Crippen molar-refractivity contribution in [3.8, 4) is 0 Å². The van der Waals surface area contributed by atoms with Crippen LogP contribution >= 0.6 is 11.8 Å². The number of hydrogen-bond acceptors (Lipinski definition) is 4. The van der Waals surface area contributed by atoms with E-state index in [2.05, 4.69) is 0 Å². The number of carbonyl (C=O) groups excluding carboxylic acids is 2. The van der Waals surface area contributed by atoms with Gasteiger partial charge in [-0.2, -0.15) is 11.8 Å². The van der Waals surface area contributed by atoms with E-state index in [4.69, 9.17) is 4.74 Å². The Morgan fingerprint density at radius 3 is 2.28 bits per heavy atom. The van der Waals surface area contributed by atoms with Crippen molar-refractivity contribution in [2.24, 2.45) is 0 Å². The molecule has 0 saturated carbocycles. The van der Waals surface area contributed by atoms with E-state index in [1.807, 2.05) is 20.8 Å². The van der Waals surface area contributed by atoms with Crippen LogP contribution in [-0.4, -0.2) is 46.5 Å². The predicted molar refractivity (Wildman–Crippen MR) is 74.0 cm³/mol. The molecule has 1 fully saturated rings. The van der Waals surface area contributed by atoms with Crippen molar-refractivity contribution in [1.29, 1.82) is 0 Å². The first-order valence-corrected chi connectivity index (χ1v) is 7.42. The molecule has 5 heteroatoms. The number of carbonyl (C=O) groups is 2. The molecule has 1 heterocycles. The normalized spacial score (nSPS) is 17.7. The number of thioether (sulfide) groups is 1. The highest BCUT2D eigenvalue weighted by Crippen LogP contribution is 2.24. The quantitative estimate of drug-likeness (QED) is 0.793. The van der Waals surface area contributed by atoms with Gasteiger partial charge in [0.1, 0.15) is 11.4 Å². The molecule has 1 rings (SSSR count). The molecule has 0 aromatic carbocycles. The molecule has 18 heavy (non-hydrogen) atoms. The van der Waals surface area contributed by atoms with Crippen molar-refractivity contribution in [1.82, 2.24) is 4.90 Å². The van der Waals surface area contributed by atoms with Crippen LogP contribution in [0.3, 0.4) is 0 Å². The maximum absolute atomic E-state index is 11.8. The number of ketones is 1. The van der Waals surface area contributed by atoms with Gasteiger partial charge in [0.05, 0.1) is 5.75 Å². The number of hydrogen-bond donors (Lipinski definition) is 0. The van der Waals surface area contributed by atoms with E-state index < -0.39 is 5.60 Å². The summed E-state index contributed by atoms with van der Waals surface area (Å²) in [4.78, 5) is 24.5. The summed E-state index contributed by atoms with van der Waals surface area (Å²) in [5, 5.41) is 0.493. The predicted octanol–water partition coefficient (Wildman–Crippen LogP) is 2.71. The number of rotatable bonds is 3. The van der Waals surface area contributed by atoms with Crippen LogP contribution in [0, 0.1) is 0 Å². The summed E-state index contributed by atoms with van der Waals surface area (Å²) in [5.41, 5.74) is -0.433. The highest BCUT2D eigenvalue weighted by molar-refractivity contribution is 8.00. The molecule has 0 aromatic rings. The fourth-order valence-corrected chi connectivity index (χ4v) is 2.78. The molecule has 1 aliphatic heterocycles. The average molecular weight is 273 g/mol. The number of amides is 1. The number of piperidine rings is 1. The zero-order valence-corrected chi connectivity index (χ0v) is 12.5. The summed E-state index contributed by atoms with van der Waals surface area (Å²) in [6.45, 7) is 8.69. The van der Waals surface area contributed by atoms with Gasteiger partial charge in [-0.05, 0) is 40.5 Å². The Kier molecular flexibility index (Phi) is 5.50. The lowest BCUT2D eigenvalue weighted by Gasteiger charge is -2.33. The van der Waals surface area contributed by atoms with Gasteiger partial charge in [0.25, 0.3) is 0 Å². The summed E-state index contributed by atoms with van der Waals surface area (Å²) in [7, 11) is 0. The topological polar surface area (TPSA) is 46.6 Å². The summed E-state index contributed by atoms with van der Waals surface area (Å²) in [6.07, 6.45) is 1.66. The van der Waals surface area contributed by atoms with Crippen molar-refractivity contribution in [2.45, 2.75) is 51.4 Å². The second kappa shape index (κ2) is 6.45. The third-order valence-corrected chi connectivity index (χ3v) is 4.13. The molecule has 104 valence electrons. The molecular weight excluding hydrogens is 250 g/mol. The fourth-order valence-electron chi connectivity index (χ4n) is 1.77. The Balaban J connectivity index is 2.30. The van der Waals surface area contributed by atoms with Gasteiger partial charge in [0, 0.05) is 18.3 Å². The molecule has 0 N–H and O–H groups in total. The standard InChI is InChI=1S/C13H23NO3S/c1-10(15)9-18-11-5-7-14(8-6-11)12(16)17-13(2,3)4/h11H,5-9H2,1-4H3. The van der Waals surface area contributed by atoms with E-state index in [1.54, 1.807) is 23.6 Å². The molecule has 1 saturated heterocycles. The molecule has 0 bridgehead atoms. The number of nitrogens with zero attached hydrogens (tertiary/aromatic N) is 1. The molecule has 0 unspecified atom stereocenters. The first-order valence-electron chi connectivity index (χ1n) is 6.37. The van der Waals surface area contributed by atoms with E-state index in [9.17, 15) is 9.59 Å². The van der Waals surface area contributed by atoms with Crippen LogP contribution in [-0.2, 0) is 9.53 Å². The third kappa shape index (κ3) is 5.76. The van der Waals surface area contributed by atoms with Crippen molar-refractivity contribution in [2.75, 3.05) is 18.8 Å². The minimum absolute atomic E-state index is 0.217. The first kappa shape index (κ1) is 15.3. The van der Waals surface area contributed by atoms with Gasteiger partial charge in [-0.25, -0.2) is 4.79 Å². The summed E-state index contributed by atoms with van der Waals surface area (Å²) < 4.78 is 5.34. The van der Waals surface area contributed by atoms with Crippen LogP contribution in [0.15, 0.2) is 0 Å². The largest absolute Gasteiger partial charge is 0.444 e. The highest BCUT2D eigenvalue weighted by Gasteiger charge is 2.26. The van der Waals surface area contributed by atoms with E-state index in [-0.39, 0.29) is 11.9 Å².